The molecular formula is C12H8N2O4S2. The van der Waals surface area contributed by atoms with Gasteiger partial charge in [0.2, 0.25) is 0 Å². The minimum absolute atomic E-state index is 0.201. The molecule has 0 aliphatic heterocycles. The number of thiophene rings is 1. The number of anilines is 1. The van der Waals surface area contributed by atoms with Crippen LogP contribution in [0.1, 0.15) is 15.2 Å². The number of carboxylic acid groups (broad SMARTS) is 1. The van der Waals surface area contributed by atoms with Crippen LogP contribution in [0.2, 0.25) is 0 Å². The Morgan fingerprint density at radius 2 is 2.10 bits per heavy atom. The molecule has 0 fully saturated rings. The summed E-state index contributed by atoms with van der Waals surface area (Å²) in [6, 6.07) is 9.02. The SMILES string of the molecule is N#Cc1cccc(NS(=O)(=O)c2ccsc2C(=O)O)c1. The molecule has 102 valence electrons. The summed E-state index contributed by atoms with van der Waals surface area (Å²) in [5.74, 6) is -1.30. The van der Waals surface area contributed by atoms with Gasteiger partial charge in [-0.1, -0.05) is 6.07 Å². The largest absolute Gasteiger partial charge is 0.477 e. The van der Waals surface area contributed by atoms with E-state index in [-0.39, 0.29) is 15.5 Å². The van der Waals surface area contributed by atoms with Crippen LogP contribution in [-0.2, 0) is 10.0 Å². The summed E-state index contributed by atoms with van der Waals surface area (Å²) >= 11 is 0.832. The third-order valence-corrected chi connectivity index (χ3v) is 4.81. The van der Waals surface area contributed by atoms with Crippen LogP contribution in [0.25, 0.3) is 0 Å². The molecule has 0 aliphatic rings. The molecule has 20 heavy (non-hydrogen) atoms. The average Bonchev–Trinajstić information content (AvgIpc) is 2.88. The van der Waals surface area contributed by atoms with Gasteiger partial charge < -0.3 is 5.11 Å². The normalized spacial score (nSPS) is 10.8. The van der Waals surface area contributed by atoms with Gasteiger partial charge in [0, 0.05) is 0 Å². The van der Waals surface area contributed by atoms with E-state index in [0.717, 1.165) is 11.3 Å². The highest BCUT2D eigenvalue weighted by atomic mass is 32.2. The molecule has 1 aromatic carbocycles. The Balaban J connectivity index is 2.39. The number of nitrogens with zero attached hydrogens (tertiary/aromatic N) is 1. The second-order valence-corrected chi connectivity index (χ2v) is 6.28. The maximum absolute atomic E-state index is 12.1. The Kier molecular flexibility index (Phi) is 3.74. The summed E-state index contributed by atoms with van der Waals surface area (Å²) < 4.78 is 26.5. The number of carbonyl (C=O) groups is 1. The molecule has 0 radical (unpaired) electrons. The first kappa shape index (κ1) is 14.0. The second-order valence-electron chi connectivity index (χ2n) is 3.72. The molecule has 2 aromatic rings. The average molecular weight is 308 g/mol. The lowest BCUT2D eigenvalue weighted by Gasteiger charge is -2.07. The summed E-state index contributed by atoms with van der Waals surface area (Å²) in [6.45, 7) is 0. The molecule has 8 heteroatoms. The lowest BCUT2D eigenvalue weighted by atomic mass is 10.2. The smallest absolute Gasteiger partial charge is 0.347 e. The van der Waals surface area contributed by atoms with Crippen LogP contribution in [0.5, 0.6) is 0 Å². The van der Waals surface area contributed by atoms with E-state index in [0.29, 0.717) is 5.56 Å². The maximum atomic E-state index is 12.1. The van der Waals surface area contributed by atoms with Gasteiger partial charge in [0.15, 0.2) is 0 Å². The van der Waals surface area contributed by atoms with Gasteiger partial charge in [-0.2, -0.15) is 5.26 Å². The van der Waals surface area contributed by atoms with Gasteiger partial charge in [-0.05, 0) is 29.6 Å². The minimum Gasteiger partial charge on any atom is -0.477 e. The molecule has 1 aromatic heterocycles. The monoisotopic (exact) mass is 308 g/mol. The summed E-state index contributed by atoms with van der Waals surface area (Å²) in [6.07, 6.45) is 0. The molecular weight excluding hydrogens is 300 g/mol. The van der Waals surface area contributed by atoms with Crippen LogP contribution in [0.15, 0.2) is 40.6 Å². The molecule has 0 spiro atoms. The fourth-order valence-corrected chi connectivity index (χ4v) is 3.84. The van der Waals surface area contributed by atoms with Crippen molar-refractivity contribution in [3.8, 4) is 6.07 Å². The summed E-state index contributed by atoms with van der Waals surface area (Å²) in [4.78, 5) is 10.4. The number of hydrogen-bond donors (Lipinski definition) is 2. The van der Waals surface area contributed by atoms with Crippen molar-refractivity contribution in [1.29, 1.82) is 5.26 Å². The van der Waals surface area contributed by atoms with Gasteiger partial charge >= 0.3 is 5.97 Å². The topological polar surface area (TPSA) is 107 Å². The van der Waals surface area contributed by atoms with Crippen molar-refractivity contribution in [2.75, 3.05) is 4.72 Å². The fourth-order valence-electron chi connectivity index (χ4n) is 1.53. The van der Waals surface area contributed by atoms with Gasteiger partial charge in [-0.3, -0.25) is 4.72 Å². The predicted octanol–water partition coefficient (Wildman–Crippen LogP) is 2.12. The van der Waals surface area contributed by atoms with Gasteiger partial charge in [0.05, 0.1) is 17.3 Å². The lowest BCUT2D eigenvalue weighted by molar-refractivity contribution is 0.0698. The highest BCUT2D eigenvalue weighted by molar-refractivity contribution is 7.93. The predicted molar refractivity (Wildman–Crippen MR) is 73.2 cm³/mol. The van der Waals surface area contributed by atoms with E-state index in [4.69, 9.17) is 10.4 Å². The Hall–Kier alpha value is -2.37. The molecule has 0 saturated heterocycles. The molecule has 0 unspecified atom stereocenters. The molecule has 0 atom stereocenters. The van der Waals surface area contributed by atoms with Crippen LogP contribution in [0.3, 0.4) is 0 Å². The number of rotatable bonds is 4. The molecule has 0 saturated carbocycles. The lowest BCUT2D eigenvalue weighted by Crippen LogP contribution is -2.15. The van der Waals surface area contributed by atoms with Crippen LogP contribution >= 0.6 is 11.3 Å². The third-order valence-electron chi connectivity index (χ3n) is 2.36. The van der Waals surface area contributed by atoms with Crippen molar-refractivity contribution in [1.82, 2.24) is 0 Å². The highest BCUT2D eigenvalue weighted by Gasteiger charge is 2.23. The van der Waals surface area contributed by atoms with Gasteiger partial charge in [0.1, 0.15) is 9.77 Å². The van der Waals surface area contributed by atoms with E-state index in [9.17, 15) is 13.2 Å². The molecule has 2 N–H and O–H groups in total. The number of aromatic carboxylic acids is 1. The molecule has 0 aliphatic carbocycles. The Morgan fingerprint density at radius 3 is 2.75 bits per heavy atom. The van der Waals surface area contributed by atoms with Crippen LogP contribution < -0.4 is 4.72 Å². The summed E-state index contributed by atoms with van der Waals surface area (Å²) in [7, 11) is -4.00. The zero-order valence-electron chi connectivity index (χ0n) is 9.90. The standard InChI is InChI=1S/C12H8N2O4S2/c13-7-8-2-1-3-9(6-8)14-20(17,18)10-4-5-19-11(10)12(15)16/h1-6,14H,(H,15,16). The van der Waals surface area contributed by atoms with Crippen molar-refractivity contribution >= 4 is 33.0 Å². The summed E-state index contributed by atoms with van der Waals surface area (Å²) in [5, 5.41) is 19.1. The van der Waals surface area contributed by atoms with E-state index < -0.39 is 16.0 Å². The zero-order chi connectivity index (χ0) is 14.8. The third kappa shape index (κ3) is 2.79. The van der Waals surface area contributed by atoms with Crippen LogP contribution in [-0.4, -0.2) is 19.5 Å². The Bertz CT molecular complexity index is 803. The summed E-state index contributed by atoms with van der Waals surface area (Å²) in [5.41, 5.74) is 0.501. The second kappa shape index (κ2) is 5.32. The van der Waals surface area contributed by atoms with Crippen LogP contribution in [0, 0.1) is 11.3 Å². The number of carboxylic acids is 1. The molecule has 6 nitrogen and oxygen atoms in total. The quantitative estimate of drug-likeness (QED) is 0.899. The van der Waals surface area contributed by atoms with E-state index in [2.05, 4.69) is 4.72 Å². The number of benzene rings is 1. The van der Waals surface area contributed by atoms with Crippen molar-refractivity contribution in [2.24, 2.45) is 0 Å². The molecule has 1 heterocycles. The number of nitriles is 1. The molecule has 2 rings (SSSR count). The maximum Gasteiger partial charge on any atom is 0.347 e. The van der Waals surface area contributed by atoms with Crippen molar-refractivity contribution < 1.29 is 18.3 Å². The first-order valence-electron chi connectivity index (χ1n) is 5.28. The van der Waals surface area contributed by atoms with E-state index in [1.807, 2.05) is 6.07 Å². The zero-order valence-corrected chi connectivity index (χ0v) is 11.5. The molecule has 0 amide bonds. The molecule has 0 bridgehead atoms. The highest BCUT2D eigenvalue weighted by Crippen LogP contribution is 2.24. The number of nitrogens with one attached hydrogen (secondary N) is 1. The van der Waals surface area contributed by atoms with E-state index in [1.165, 1.54) is 35.7 Å². The van der Waals surface area contributed by atoms with Crippen molar-refractivity contribution in [3.63, 3.8) is 0 Å². The minimum atomic E-state index is -4.00. The van der Waals surface area contributed by atoms with Gasteiger partial charge in [-0.15, -0.1) is 11.3 Å². The van der Waals surface area contributed by atoms with Gasteiger partial charge in [0.25, 0.3) is 10.0 Å². The van der Waals surface area contributed by atoms with Crippen molar-refractivity contribution in [3.05, 3.63) is 46.2 Å². The Labute approximate surface area is 119 Å². The first-order valence-corrected chi connectivity index (χ1v) is 7.64. The first-order chi connectivity index (χ1) is 9.44. The van der Waals surface area contributed by atoms with Crippen LogP contribution in [0.4, 0.5) is 5.69 Å². The van der Waals surface area contributed by atoms with E-state index in [1.54, 1.807) is 0 Å². The van der Waals surface area contributed by atoms with Gasteiger partial charge in [-0.25, -0.2) is 13.2 Å². The van der Waals surface area contributed by atoms with Crippen molar-refractivity contribution in [2.45, 2.75) is 4.90 Å². The number of sulfonamides is 1. The Morgan fingerprint density at radius 1 is 1.35 bits per heavy atom. The fraction of sp³-hybridized carbons (Fsp3) is 0. The number of hydrogen-bond acceptors (Lipinski definition) is 5. The van der Waals surface area contributed by atoms with E-state index >= 15 is 0 Å².